The number of morpholine rings is 1. The molecule has 120 valence electrons. The SMILES string of the molecule is Cl.NCC1CN(Cc2ccccc2OC(F)(F)F)CCO1. The Morgan fingerprint density at radius 1 is 1.33 bits per heavy atom. The molecule has 2 rings (SSSR count). The van der Waals surface area contributed by atoms with E-state index in [1.807, 2.05) is 4.90 Å². The number of benzene rings is 1. The van der Waals surface area contributed by atoms with Gasteiger partial charge in [0.15, 0.2) is 0 Å². The topological polar surface area (TPSA) is 47.7 Å². The molecule has 1 saturated heterocycles. The third-order valence-corrected chi connectivity index (χ3v) is 3.08. The molecule has 2 N–H and O–H groups in total. The molecule has 21 heavy (non-hydrogen) atoms. The van der Waals surface area contributed by atoms with E-state index >= 15 is 0 Å². The Morgan fingerprint density at radius 2 is 2.05 bits per heavy atom. The van der Waals surface area contributed by atoms with Gasteiger partial charge < -0.3 is 15.2 Å². The number of nitrogens with two attached hydrogens (primary N) is 1. The minimum Gasteiger partial charge on any atom is -0.405 e. The van der Waals surface area contributed by atoms with Gasteiger partial charge in [0.05, 0.1) is 12.7 Å². The lowest BCUT2D eigenvalue weighted by Gasteiger charge is -2.32. The standard InChI is InChI=1S/C13H17F3N2O2.ClH/c14-13(15,16)20-12-4-2-1-3-10(12)8-18-5-6-19-11(7-17)9-18;/h1-4,11H,5-9,17H2;1H. The summed E-state index contributed by atoms with van der Waals surface area (Å²) in [6.07, 6.45) is -4.75. The van der Waals surface area contributed by atoms with Gasteiger partial charge in [-0.1, -0.05) is 18.2 Å². The second-order valence-electron chi connectivity index (χ2n) is 4.62. The van der Waals surface area contributed by atoms with Crippen molar-refractivity contribution < 1.29 is 22.6 Å². The summed E-state index contributed by atoms with van der Waals surface area (Å²) >= 11 is 0. The van der Waals surface area contributed by atoms with Crippen molar-refractivity contribution in [2.75, 3.05) is 26.2 Å². The number of para-hydroxylation sites is 1. The summed E-state index contributed by atoms with van der Waals surface area (Å²) in [5.41, 5.74) is 6.05. The number of nitrogens with zero attached hydrogens (tertiary/aromatic N) is 1. The van der Waals surface area contributed by atoms with Crippen molar-refractivity contribution in [3.8, 4) is 5.75 Å². The van der Waals surface area contributed by atoms with Gasteiger partial charge in [-0.2, -0.15) is 0 Å². The first-order valence-corrected chi connectivity index (χ1v) is 6.35. The van der Waals surface area contributed by atoms with Crippen molar-refractivity contribution in [1.29, 1.82) is 0 Å². The molecule has 0 spiro atoms. The van der Waals surface area contributed by atoms with Crippen LogP contribution >= 0.6 is 12.4 Å². The minimum atomic E-state index is -4.68. The molecule has 8 heteroatoms. The highest BCUT2D eigenvalue weighted by molar-refractivity contribution is 5.85. The number of ether oxygens (including phenoxy) is 2. The Labute approximate surface area is 127 Å². The van der Waals surface area contributed by atoms with Gasteiger partial charge in [-0.05, 0) is 6.07 Å². The number of rotatable bonds is 4. The summed E-state index contributed by atoms with van der Waals surface area (Å²) in [5, 5.41) is 0. The smallest absolute Gasteiger partial charge is 0.405 e. The minimum absolute atomic E-state index is 0. The fourth-order valence-electron chi connectivity index (χ4n) is 2.17. The Bertz CT molecular complexity index is 446. The van der Waals surface area contributed by atoms with E-state index in [1.165, 1.54) is 12.1 Å². The van der Waals surface area contributed by atoms with E-state index in [2.05, 4.69) is 4.74 Å². The largest absolute Gasteiger partial charge is 0.573 e. The first kappa shape index (κ1) is 18.0. The van der Waals surface area contributed by atoms with Crippen LogP contribution in [0.4, 0.5) is 13.2 Å². The number of hydrogen-bond donors (Lipinski definition) is 1. The molecule has 0 bridgehead atoms. The third-order valence-electron chi connectivity index (χ3n) is 3.08. The number of alkyl halides is 3. The van der Waals surface area contributed by atoms with Crippen LogP contribution in [0.5, 0.6) is 5.75 Å². The molecule has 1 aromatic carbocycles. The molecule has 1 fully saturated rings. The first-order valence-electron chi connectivity index (χ1n) is 6.35. The quantitative estimate of drug-likeness (QED) is 0.921. The van der Waals surface area contributed by atoms with Crippen molar-refractivity contribution in [3.63, 3.8) is 0 Å². The highest BCUT2D eigenvalue weighted by atomic mass is 35.5. The second-order valence-corrected chi connectivity index (χ2v) is 4.62. The highest BCUT2D eigenvalue weighted by Gasteiger charge is 2.32. The number of hydrogen-bond acceptors (Lipinski definition) is 4. The van der Waals surface area contributed by atoms with Crippen molar-refractivity contribution in [2.24, 2.45) is 5.73 Å². The molecule has 1 atom stereocenters. The van der Waals surface area contributed by atoms with Crippen molar-refractivity contribution in [3.05, 3.63) is 29.8 Å². The Hall–Kier alpha value is -1.02. The van der Waals surface area contributed by atoms with Crippen LogP contribution in [0.15, 0.2) is 24.3 Å². The maximum absolute atomic E-state index is 12.3. The lowest BCUT2D eigenvalue weighted by atomic mass is 10.1. The van der Waals surface area contributed by atoms with Crippen LogP contribution in [-0.2, 0) is 11.3 Å². The average molecular weight is 327 g/mol. The van der Waals surface area contributed by atoms with Crippen LogP contribution in [0.25, 0.3) is 0 Å². The van der Waals surface area contributed by atoms with Crippen LogP contribution in [-0.4, -0.2) is 43.6 Å². The van der Waals surface area contributed by atoms with E-state index in [4.69, 9.17) is 10.5 Å². The Morgan fingerprint density at radius 3 is 2.71 bits per heavy atom. The van der Waals surface area contributed by atoms with Crippen LogP contribution in [0.3, 0.4) is 0 Å². The van der Waals surface area contributed by atoms with E-state index in [-0.39, 0.29) is 24.3 Å². The van der Waals surface area contributed by atoms with Gasteiger partial charge in [0.25, 0.3) is 0 Å². The van der Waals surface area contributed by atoms with Gasteiger partial charge in [0, 0.05) is 31.7 Å². The predicted octanol–water partition coefficient (Wildman–Crippen LogP) is 2.17. The molecule has 0 saturated carbocycles. The van der Waals surface area contributed by atoms with Crippen molar-refractivity contribution in [1.82, 2.24) is 4.90 Å². The maximum Gasteiger partial charge on any atom is 0.573 e. The monoisotopic (exact) mass is 326 g/mol. The maximum atomic E-state index is 12.3. The van der Waals surface area contributed by atoms with Crippen LogP contribution in [0.2, 0.25) is 0 Å². The van der Waals surface area contributed by atoms with Crippen LogP contribution in [0, 0.1) is 0 Å². The zero-order chi connectivity index (χ0) is 14.6. The van der Waals surface area contributed by atoms with E-state index < -0.39 is 6.36 Å². The van der Waals surface area contributed by atoms with E-state index in [1.54, 1.807) is 12.1 Å². The zero-order valence-electron chi connectivity index (χ0n) is 11.3. The van der Waals surface area contributed by atoms with E-state index in [0.717, 1.165) is 0 Å². The van der Waals surface area contributed by atoms with Gasteiger partial charge in [-0.3, -0.25) is 4.90 Å². The molecule has 0 aromatic heterocycles. The van der Waals surface area contributed by atoms with Gasteiger partial charge in [-0.15, -0.1) is 25.6 Å². The summed E-state index contributed by atoms with van der Waals surface area (Å²) < 4.78 is 46.5. The predicted molar refractivity (Wildman–Crippen MR) is 74.4 cm³/mol. The zero-order valence-corrected chi connectivity index (χ0v) is 12.1. The second kappa shape index (κ2) is 7.84. The summed E-state index contributed by atoms with van der Waals surface area (Å²) in [6.45, 7) is 2.58. The van der Waals surface area contributed by atoms with Crippen LogP contribution in [0.1, 0.15) is 5.56 Å². The normalized spacial score (nSPS) is 19.9. The lowest BCUT2D eigenvalue weighted by Crippen LogP contribution is -2.45. The molecular weight excluding hydrogens is 309 g/mol. The molecule has 1 aromatic rings. The van der Waals surface area contributed by atoms with Crippen molar-refractivity contribution in [2.45, 2.75) is 19.0 Å². The molecule has 1 aliphatic rings. The molecular formula is C13H18ClF3N2O2. The molecule has 0 amide bonds. The fraction of sp³-hybridized carbons (Fsp3) is 0.538. The van der Waals surface area contributed by atoms with Gasteiger partial charge >= 0.3 is 6.36 Å². The third kappa shape index (κ3) is 5.70. The van der Waals surface area contributed by atoms with Crippen molar-refractivity contribution >= 4 is 12.4 Å². The molecule has 4 nitrogen and oxygen atoms in total. The molecule has 1 unspecified atom stereocenters. The molecule has 0 aliphatic carbocycles. The van der Waals surface area contributed by atoms with E-state index in [9.17, 15) is 13.2 Å². The molecule has 1 heterocycles. The summed E-state index contributed by atoms with van der Waals surface area (Å²) in [5.74, 6) is -0.157. The Balaban J connectivity index is 0.00000220. The van der Waals surface area contributed by atoms with Gasteiger partial charge in [-0.25, -0.2) is 0 Å². The summed E-state index contributed by atoms with van der Waals surface area (Å²) in [4.78, 5) is 2.01. The average Bonchev–Trinajstić information content (AvgIpc) is 2.40. The number of halogens is 4. The summed E-state index contributed by atoms with van der Waals surface area (Å²) in [6, 6.07) is 6.17. The first-order chi connectivity index (χ1) is 9.48. The molecule has 1 aliphatic heterocycles. The van der Waals surface area contributed by atoms with Crippen LogP contribution < -0.4 is 10.5 Å². The Kier molecular flexibility index (Phi) is 6.73. The lowest BCUT2D eigenvalue weighted by molar-refractivity contribution is -0.275. The summed E-state index contributed by atoms with van der Waals surface area (Å²) in [7, 11) is 0. The molecule has 0 radical (unpaired) electrons. The van der Waals surface area contributed by atoms with Gasteiger partial charge in [0.2, 0.25) is 0 Å². The fourth-order valence-corrected chi connectivity index (χ4v) is 2.17. The highest BCUT2D eigenvalue weighted by Crippen LogP contribution is 2.27. The van der Waals surface area contributed by atoms with Gasteiger partial charge in [0.1, 0.15) is 5.75 Å². The van der Waals surface area contributed by atoms with E-state index in [0.29, 0.717) is 38.3 Å².